The Morgan fingerprint density at radius 1 is 1.13 bits per heavy atom. The van der Waals surface area contributed by atoms with E-state index < -0.39 is 11.6 Å². The molecule has 1 aromatic carbocycles. The summed E-state index contributed by atoms with van der Waals surface area (Å²) >= 11 is 0. The van der Waals surface area contributed by atoms with E-state index in [1.165, 1.54) is 12.8 Å². The van der Waals surface area contributed by atoms with Crippen LogP contribution in [-0.2, 0) is 21.5 Å². The fraction of sp³-hybridized carbons (Fsp3) is 0.591. The van der Waals surface area contributed by atoms with Crippen LogP contribution in [0.3, 0.4) is 0 Å². The Bertz CT molecular complexity index is 851. The highest BCUT2D eigenvalue weighted by Gasteiger charge is 2.55. The van der Waals surface area contributed by atoms with Gasteiger partial charge in [0.05, 0.1) is 0 Å². The van der Waals surface area contributed by atoms with E-state index in [-0.39, 0.29) is 30.8 Å². The first kappa shape index (κ1) is 21.1. The molecule has 30 heavy (non-hydrogen) atoms. The molecule has 0 radical (unpaired) electrons. The maximum atomic E-state index is 13.2. The molecule has 162 valence electrons. The minimum absolute atomic E-state index is 0. The first-order chi connectivity index (χ1) is 14.1. The molecule has 1 unspecified atom stereocenters. The van der Waals surface area contributed by atoms with Crippen LogP contribution in [0, 0.1) is 5.92 Å². The van der Waals surface area contributed by atoms with Crippen molar-refractivity contribution >= 4 is 30.3 Å². The zero-order valence-corrected chi connectivity index (χ0v) is 17.9. The van der Waals surface area contributed by atoms with Gasteiger partial charge in [0.25, 0.3) is 5.91 Å². The predicted octanol–water partition coefficient (Wildman–Crippen LogP) is 1.79. The Labute approximate surface area is 183 Å². The number of imide groups is 1. The van der Waals surface area contributed by atoms with Crippen molar-refractivity contribution in [3.8, 4) is 0 Å². The second-order valence-corrected chi connectivity index (χ2v) is 8.89. The van der Waals surface area contributed by atoms with Gasteiger partial charge >= 0.3 is 6.03 Å². The molecular weight excluding hydrogens is 404 g/mol. The van der Waals surface area contributed by atoms with Crippen molar-refractivity contribution in [3.63, 3.8) is 0 Å². The van der Waals surface area contributed by atoms with Crippen LogP contribution in [0.25, 0.3) is 0 Å². The van der Waals surface area contributed by atoms with E-state index in [0.29, 0.717) is 25.6 Å². The molecule has 3 fully saturated rings. The molecule has 2 N–H and O–H groups in total. The molecule has 2 aliphatic carbocycles. The zero-order chi connectivity index (χ0) is 20.0. The van der Waals surface area contributed by atoms with E-state index >= 15 is 0 Å². The number of benzene rings is 1. The Morgan fingerprint density at radius 2 is 1.87 bits per heavy atom. The van der Waals surface area contributed by atoms with E-state index in [9.17, 15) is 14.4 Å². The van der Waals surface area contributed by atoms with Crippen molar-refractivity contribution in [3.05, 3.63) is 35.4 Å². The summed E-state index contributed by atoms with van der Waals surface area (Å²) in [5.74, 6) is 0.418. The molecule has 1 atom stereocenters. The molecule has 0 aromatic heterocycles. The Kier molecular flexibility index (Phi) is 5.77. The number of nitrogens with one attached hydrogen (secondary N) is 2. The molecule has 1 spiro atoms. The van der Waals surface area contributed by atoms with Crippen molar-refractivity contribution in [1.82, 2.24) is 20.4 Å². The van der Waals surface area contributed by atoms with Crippen molar-refractivity contribution in [2.45, 2.75) is 50.1 Å². The van der Waals surface area contributed by atoms with Gasteiger partial charge in [-0.05, 0) is 62.1 Å². The molecule has 1 saturated carbocycles. The van der Waals surface area contributed by atoms with Gasteiger partial charge in [0.2, 0.25) is 5.91 Å². The van der Waals surface area contributed by atoms with E-state index in [1.807, 2.05) is 24.3 Å². The smallest absolute Gasteiger partial charge is 0.325 e. The van der Waals surface area contributed by atoms with Gasteiger partial charge in [0, 0.05) is 19.1 Å². The Morgan fingerprint density at radius 3 is 2.60 bits per heavy atom. The minimum Gasteiger partial charge on any atom is -0.341 e. The number of rotatable bonds is 5. The Hall–Kier alpha value is -2.12. The van der Waals surface area contributed by atoms with Crippen LogP contribution in [0.15, 0.2) is 24.3 Å². The normalized spacial score (nSPS) is 26.0. The van der Waals surface area contributed by atoms with E-state index in [4.69, 9.17) is 0 Å². The SMILES string of the molecule is Cl.O=C(CN1C(=O)NC2(CCc3ccccc32)C1=O)N1CCC(NCC2CC2)CC1. The van der Waals surface area contributed by atoms with Crippen LogP contribution < -0.4 is 10.6 Å². The number of piperidine rings is 1. The third-order valence-electron chi connectivity index (χ3n) is 6.96. The molecule has 2 heterocycles. The number of halogens is 1. The summed E-state index contributed by atoms with van der Waals surface area (Å²) in [6.45, 7) is 2.27. The molecule has 5 rings (SSSR count). The Balaban J connectivity index is 0.00000218. The number of nitrogens with zero attached hydrogens (tertiary/aromatic N) is 2. The maximum Gasteiger partial charge on any atom is 0.325 e. The minimum atomic E-state index is -0.992. The molecule has 4 aliphatic rings. The number of urea groups is 1. The number of fused-ring (bicyclic) bond motifs is 2. The number of amides is 4. The lowest BCUT2D eigenvalue weighted by atomic mass is 9.92. The fourth-order valence-electron chi connectivity index (χ4n) is 4.96. The van der Waals surface area contributed by atoms with Crippen LogP contribution in [0.1, 0.15) is 43.2 Å². The van der Waals surface area contributed by atoms with Crippen molar-refractivity contribution in [2.75, 3.05) is 26.2 Å². The van der Waals surface area contributed by atoms with Crippen molar-refractivity contribution in [1.29, 1.82) is 0 Å². The van der Waals surface area contributed by atoms with Crippen LogP contribution in [0.2, 0.25) is 0 Å². The number of carbonyl (C=O) groups excluding carboxylic acids is 3. The number of carbonyl (C=O) groups is 3. The number of aryl methyl sites for hydroxylation is 1. The highest BCUT2D eigenvalue weighted by molar-refractivity contribution is 6.09. The van der Waals surface area contributed by atoms with Crippen molar-refractivity contribution in [2.24, 2.45) is 5.92 Å². The highest BCUT2D eigenvalue weighted by atomic mass is 35.5. The predicted molar refractivity (Wildman–Crippen MR) is 114 cm³/mol. The molecule has 7 nitrogen and oxygen atoms in total. The van der Waals surface area contributed by atoms with Gasteiger partial charge < -0.3 is 15.5 Å². The summed E-state index contributed by atoms with van der Waals surface area (Å²) in [4.78, 5) is 41.5. The van der Waals surface area contributed by atoms with Gasteiger partial charge in [-0.2, -0.15) is 0 Å². The molecule has 8 heteroatoms. The average Bonchev–Trinajstić information content (AvgIpc) is 3.46. The molecule has 0 bridgehead atoms. The van der Waals surface area contributed by atoms with Crippen LogP contribution in [0.4, 0.5) is 4.79 Å². The summed E-state index contributed by atoms with van der Waals surface area (Å²) in [7, 11) is 0. The molecule has 1 aromatic rings. The first-order valence-corrected chi connectivity index (χ1v) is 10.8. The van der Waals surface area contributed by atoms with Gasteiger partial charge in [-0.3, -0.25) is 14.5 Å². The monoisotopic (exact) mass is 432 g/mol. The second kappa shape index (κ2) is 8.19. The quantitative estimate of drug-likeness (QED) is 0.695. The van der Waals surface area contributed by atoms with Crippen LogP contribution in [0.5, 0.6) is 0 Å². The second-order valence-electron chi connectivity index (χ2n) is 8.89. The molecule has 4 amide bonds. The maximum absolute atomic E-state index is 13.2. The van der Waals surface area contributed by atoms with Gasteiger partial charge in [0.15, 0.2) is 0 Å². The fourth-order valence-corrected chi connectivity index (χ4v) is 4.96. The number of hydrogen-bond donors (Lipinski definition) is 2. The summed E-state index contributed by atoms with van der Waals surface area (Å²) in [6, 6.07) is 7.75. The topological polar surface area (TPSA) is 81.8 Å². The zero-order valence-electron chi connectivity index (χ0n) is 17.1. The van der Waals surface area contributed by atoms with Gasteiger partial charge in [-0.1, -0.05) is 24.3 Å². The van der Waals surface area contributed by atoms with Gasteiger partial charge in [-0.25, -0.2) is 4.79 Å². The van der Waals surface area contributed by atoms with E-state index in [0.717, 1.165) is 47.8 Å². The standard InChI is InChI=1S/C22H28N4O3.ClH/c27-19(25-11-8-17(9-12-25)23-13-15-5-6-15)14-26-20(28)22(24-21(26)29)10-7-16-3-1-2-4-18(16)22;/h1-4,15,17,23H,5-14H2,(H,24,29);1H. The van der Waals surface area contributed by atoms with Crippen molar-refractivity contribution < 1.29 is 14.4 Å². The van der Waals surface area contributed by atoms with Gasteiger partial charge in [-0.15, -0.1) is 12.4 Å². The summed E-state index contributed by atoms with van der Waals surface area (Å²) in [5, 5.41) is 6.50. The van der Waals surface area contributed by atoms with Crippen LogP contribution in [-0.4, -0.2) is 59.9 Å². The lowest BCUT2D eigenvalue weighted by molar-refractivity contribution is -0.139. The summed E-state index contributed by atoms with van der Waals surface area (Å²) < 4.78 is 0. The summed E-state index contributed by atoms with van der Waals surface area (Å²) in [6.07, 6.45) is 5.83. The average molecular weight is 433 g/mol. The molecule has 2 aliphatic heterocycles. The lowest BCUT2D eigenvalue weighted by Crippen LogP contribution is -2.49. The van der Waals surface area contributed by atoms with Crippen LogP contribution >= 0.6 is 12.4 Å². The highest BCUT2D eigenvalue weighted by Crippen LogP contribution is 2.41. The largest absolute Gasteiger partial charge is 0.341 e. The molecular formula is C22H29ClN4O3. The number of hydrogen-bond acceptors (Lipinski definition) is 4. The van der Waals surface area contributed by atoms with E-state index in [2.05, 4.69) is 10.6 Å². The first-order valence-electron chi connectivity index (χ1n) is 10.8. The summed E-state index contributed by atoms with van der Waals surface area (Å²) in [5.41, 5.74) is 0.971. The lowest BCUT2D eigenvalue weighted by Gasteiger charge is -2.33. The van der Waals surface area contributed by atoms with Gasteiger partial charge in [0.1, 0.15) is 12.1 Å². The third kappa shape index (κ3) is 3.69. The van der Waals surface area contributed by atoms with E-state index in [1.54, 1.807) is 4.90 Å². The molecule has 2 saturated heterocycles. The third-order valence-corrected chi connectivity index (χ3v) is 6.96. The number of likely N-dealkylation sites (tertiary alicyclic amines) is 1.